The van der Waals surface area contributed by atoms with E-state index < -0.39 is 10.0 Å². The zero-order valence-electron chi connectivity index (χ0n) is 18.2. The molecule has 3 aromatic carbocycles. The summed E-state index contributed by atoms with van der Waals surface area (Å²) < 4.78 is 33.4. The van der Waals surface area contributed by atoms with Gasteiger partial charge in [-0.05, 0) is 72.3 Å². The first-order chi connectivity index (χ1) is 15.8. The van der Waals surface area contributed by atoms with Gasteiger partial charge in [-0.15, -0.1) is 23.1 Å². The Morgan fingerprint density at radius 2 is 1.76 bits per heavy atom. The van der Waals surface area contributed by atoms with Crippen LogP contribution >= 0.6 is 23.1 Å². The van der Waals surface area contributed by atoms with E-state index in [1.165, 1.54) is 41.9 Å². The number of thiophene rings is 1. The Bertz CT molecular complexity index is 1410. The standard InChI is InChI=1S/C24H22N2O4S3/c1-26(33(28,29)19-11-9-18(30-2)10-12-19)17-8-13-21-16(14-17)15-23(32-21)24(27)25-20-6-4-5-7-22(20)31-3/h4-15H,1-3H3,(H,25,27). The molecule has 0 saturated heterocycles. The molecular formula is C24H22N2O4S3. The number of hydrogen-bond donors (Lipinski definition) is 1. The Morgan fingerprint density at radius 1 is 1.03 bits per heavy atom. The third-order valence-electron chi connectivity index (χ3n) is 5.16. The number of anilines is 2. The minimum Gasteiger partial charge on any atom is -0.497 e. The number of sulfonamides is 1. The number of thioether (sulfide) groups is 1. The molecule has 0 radical (unpaired) electrons. The molecular weight excluding hydrogens is 476 g/mol. The number of hydrogen-bond acceptors (Lipinski definition) is 6. The Morgan fingerprint density at radius 3 is 2.45 bits per heavy atom. The zero-order chi connectivity index (χ0) is 23.6. The summed E-state index contributed by atoms with van der Waals surface area (Å²) in [4.78, 5) is 14.6. The van der Waals surface area contributed by atoms with E-state index >= 15 is 0 Å². The first-order valence-electron chi connectivity index (χ1n) is 9.94. The van der Waals surface area contributed by atoms with Gasteiger partial charge in [0.2, 0.25) is 0 Å². The van der Waals surface area contributed by atoms with Crippen LogP contribution in [0.15, 0.2) is 82.6 Å². The number of methoxy groups -OCH3 is 1. The molecule has 6 nitrogen and oxygen atoms in total. The number of ether oxygens (including phenoxy) is 1. The van der Waals surface area contributed by atoms with Gasteiger partial charge in [-0.3, -0.25) is 9.10 Å². The number of fused-ring (bicyclic) bond motifs is 1. The molecule has 0 fully saturated rings. The maximum atomic E-state index is 13.1. The third kappa shape index (κ3) is 4.71. The lowest BCUT2D eigenvalue weighted by molar-refractivity contribution is 0.103. The van der Waals surface area contributed by atoms with Crippen molar-refractivity contribution < 1.29 is 17.9 Å². The molecule has 0 aliphatic heterocycles. The topological polar surface area (TPSA) is 75.7 Å². The molecule has 0 bridgehead atoms. The summed E-state index contributed by atoms with van der Waals surface area (Å²) in [5.41, 5.74) is 1.27. The lowest BCUT2D eigenvalue weighted by Gasteiger charge is -2.19. The minimum absolute atomic E-state index is 0.170. The van der Waals surface area contributed by atoms with Gasteiger partial charge in [-0.25, -0.2) is 8.42 Å². The van der Waals surface area contributed by atoms with Gasteiger partial charge in [0.05, 0.1) is 28.3 Å². The van der Waals surface area contributed by atoms with Gasteiger partial charge < -0.3 is 10.1 Å². The predicted molar refractivity (Wildman–Crippen MR) is 137 cm³/mol. The Labute approximate surface area is 201 Å². The lowest BCUT2D eigenvalue weighted by atomic mass is 10.2. The van der Waals surface area contributed by atoms with E-state index in [9.17, 15) is 13.2 Å². The Hall–Kier alpha value is -3.01. The number of nitrogens with zero attached hydrogens (tertiary/aromatic N) is 1. The van der Waals surface area contributed by atoms with Crippen LogP contribution in [-0.4, -0.2) is 34.7 Å². The summed E-state index contributed by atoms with van der Waals surface area (Å²) in [6, 6.07) is 21.0. The van der Waals surface area contributed by atoms with Crippen molar-refractivity contribution in [2.24, 2.45) is 0 Å². The van der Waals surface area contributed by atoms with E-state index in [4.69, 9.17) is 4.74 Å². The van der Waals surface area contributed by atoms with Crippen LogP contribution < -0.4 is 14.4 Å². The van der Waals surface area contributed by atoms with Crippen LogP contribution in [0.4, 0.5) is 11.4 Å². The minimum atomic E-state index is -3.74. The van der Waals surface area contributed by atoms with Crippen molar-refractivity contribution in [2.75, 3.05) is 30.0 Å². The molecule has 1 heterocycles. The summed E-state index contributed by atoms with van der Waals surface area (Å²) in [6.07, 6.45) is 1.96. The number of rotatable bonds is 7. The van der Waals surface area contributed by atoms with Crippen LogP contribution in [0.5, 0.6) is 5.75 Å². The molecule has 0 unspecified atom stereocenters. The molecule has 4 aromatic rings. The van der Waals surface area contributed by atoms with Gasteiger partial charge in [0, 0.05) is 16.6 Å². The molecule has 9 heteroatoms. The average molecular weight is 499 g/mol. The van der Waals surface area contributed by atoms with E-state index in [0.29, 0.717) is 16.3 Å². The largest absolute Gasteiger partial charge is 0.497 e. The van der Waals surface area contributed by atoms with Crippen LogP contribution in [0.1, 0.15) is 9.67 Å². The maximum absolute atomic E-state index is 13.1. The molecule has 1 N–H and O–H groups in total. The second-order valence-electron chi connectivity index (χ2n) is 7.14. The van der Waals surface area contributed by atoms with Gasteiger partial charge in [0.1, 0.15) is 5.75 Å². The number of carbonyl (C=O) groups is 1. The fourth-order valence-corrected chi connectivity index (χ4v) is 5.99. The fourth-order valence-electron chi connectivity index (χ4n) is 3.31. The summed E-state index contributed by atoms with van der Waals surface area (Å²) in [5.74, 6) is 0.390. The van der Waals surface area contributed by atoms with Crippen molar-refractivity contribution in [3.8, 4) is 5.75 Å². The molecule has 0 aliphatic carbocycles. The Kier molecular flexibility index (Phi) is 6.64. The van der Waals surface area contributed by atoms with Crippen LogP contribution in [0, 0.1) is 0 Å². The van der Waals surface area contributed by atoms with E-state index in [2.05, 4.69) is 5.32 Å². The van der Waals surface area contributed by atoms with E-state index in [-0.39, 0.29) is 10.8 Å². The van der Waals surface area contributed by atoms with Gasteiger partial charge >= 0.3 is 0 Å². The van der Waals surface area contributed by atoms with Crippen LogP contribution in [0.2, 0.25) is 0 Å². The van der Waals surface area contributed by atoms with Crippen molar-refractivity contribution in [2.45, 2.75) is 9.79 Å². The number of para-hydroxylation sites is 1. The third-order valence-corrected chi connectivity index (χ3v) is 8.87. The summed E-state index contributed by atoms with van der Waals surface area (Å²) in [5, 5.41) is 3.77. The maximum Gasteiger partial charge on any atom is 0.265 e. The van der Waals surface area contributed by atoms with Crippen LogP contribution in [-0.2, 0) is 10.0 Å². The molecule has 1 aromatic heterocycles. The molecule has 33 heavy (non-hydrogen) atoms. The number of benzene rings is 3. The van der Waals surface area contributed by atoms with Crippen molar-refractivity contribution in [1.29, 1.82) is 0 Å². The van der Waals surface area contributed by atoms with Gasteiger partial charge in [-0.1, -0.05) is 12.1 Å². The van der Waals surface area contributed by atoms with Crippen molar-refractivity contribution in [3.05, 3.63) is 77.7 Å². The second kappa shape index (κ2) is 9.46. The normalized spacial score (nSPS) is 11.4. The predicted octanol–water partition coefficient (Wildman–Crippen LogP) is 5.71. The molecule has 1 amide bonds. The molecule has 4 rings (SSSR count). The van der Waals surface area contributed by atoms with Crippen LogP contribution in [0.3, 0.4) is 0 Å². The highest BCUT2D eigenvalue weighted by Gasteiger charge is 2.22. The van der Waals surface area contributed by atoms with Gasteiger partial charge in [-0.2, -0.15) is 0 Å². The highest BCUT2D eigenvalue weighted by molar-refractivity contribution is 7.98. The van der Waals surface area contributed by atoms with Gasteiger partial charge in [0.25, 0.3) is 15.9 Å². The van der Waals surface area contributed by atoms with Crippen molar-refractivity contribution >= 4 is 60.5 Å². The van der Waals surface area contributed by atoms with E-state index in [1.54, 1.807) is 42.1 Å². The zero-order valence-corrected chi connectivity index (χ0v) is 20.7. The summed E-state index contributed by atoms with van der Waals surface area (Å²) in [7, 11) is -0.701. The average Bonchev–Trinajstić information content (AvgIpc) is 3.27. The molecule has 0 atom stereocenters. The van der Waals surface area contributed by atoms with Crippen LogP contribution in [0.25, 0.3) is 10.1 Å². The second-order valence-corrected chi connectivity index (χ2v) is 11.0. The monoisotopic (exact) mass is 498 g/mol. The number of carbonyl (C=O) groups excluding carboxylic acids is 1. The highest BCUT2D eigenvalue weighted by Crippen LogP contribution is 2.32. The smallest absolute Gasteiger partial charge is 0.265 e. The van der Waals surface area contributed by atoms with E-state index in [0.717, 1.165) is 20.7 Å². The lowest BCUT2D eigenvalue weighted by Crippen LogP contribution is -2.26. The number of nitrogens with one attached hydrogen (secondary N) is 1. The quantitative estimate of drug-likeness (QED) is 0.330. The molecule has 0 aliphatic rings. The Balaban J connectivity index is 1.60. The van der Waals surface area contributed by atoms with Crippen molar-refractivity contribution in [3.63, 3.8) is 0 Å². The highest BCUT2D eigenvalue weighted by atomic mass is 32.2. The van der Waals surface area contributed by atoms with E-state index in [1.807, 2.05) is 36.6 Å². The number of amides is 1. The molecule has 0 spiro atoms. The molecule has 0 saturated carbocycles. The fraction of sp³-hybridized carbons (Fsp3) is 0.125. The molecule has 170 valence electrons. The SMILES string of the molecule is COc1ccc(S(=O)(=O)N(C)c2ccc3sc(C(=O)Nc4ccccc4SC)cc3c2)cc1. The first kappa shape index (κ1) is 23.2. The first-order valence-corrected chi connectivity index (χ1v) is 13.4. The summed E-state index contributed by atoms with van der Waals surface area (Å²) >= 11 is 2.93. The summed E-state index contributed by atoms with van der Waals surface area (Å²) in [6.45, 7) is 0. The van der Waals surface area contributed by atoms with Crippen molar-refractivity contribution in [1.82, 2.24) is 0 Å². The van der Waals surface area contributed by atoms with Gasteiger partial charge in [0.15, 0.2) is 0 Å².